The minimum atomic E-state index is -4.33. The molecule has 0 spiro atoms. The van der Waals surface area contributed by atoms with Crippen LogP contribution in [0, 0.1) is 5.92 Å². The lowest BCUT2D eigenvalue weighted by Crippen LogP contribution is -2.28. The molecule has 0 aliphatic heterocycles. The van der Waals surface area contributed by atoms with Gasteiger partial charge >= 0.3 is 6.18 Å². The van der Waals surface area contributed by atoms with Gasteiger partial charge in [-0.15, -0.1) is 5.10 Å². The van der Waals surface area contributed by atoms with Crippen molar-refractivity contribution in [2.75, 3.05) is 0 Å². The van der Waals surface area contributed by atoms with Gasteiger partial charge in [0, 0.05) is 13.1 Å². The highest BCUT2D eigenvalue weighted by molar-refractivity contribution is 5.29. The minimum Gasteiger partial charge on any atom is -0.300 e. The fraction of sp³-hybridized carbons (Fsp3) is 0.533. The first-order valence-electron chi connectivity index (χ1n) is 7.51. The van der Waals surface area contributed by atoms with E-state index in [1.54, 1.807) is 17.8 Å². The van der Waals surface area contributed by atoms with Crippen molar-refractivity contribution in [1.82, 2.24) is 25.5 Å². The highest BCUT2D eigenvalue weighted by Gasteiger charge is 2.36. The predicted molar refractivity (Wildman–Crippen MR) is 77.3 cm³/mol. The molecule has 1 aliphatic rings. The van der Waals surface area contributed by atoms with Crippen molar-refractivity contribution >= 4 is 0 Å². The zero-order chi connectivity index (χ0) is 16.6. The van der Waals surface area contributed by atoms with Gasteiger partial charge in [-0.25, -0.2) is 4.68 Å². The topological polar surface area (TPSA) is 55.6 Å². The summed E-state index contributed by atoms with van der Waals surface area (Å²) in [4.78, 5) is 0. The fourth-order valence-electron chi connectivity index (χ4n) is 2.79. The number of halogens is 3. The van der Waals surface area contributed by atoms with Crippen molar-refractivity contribution in [2.24, 2.45) is 13.0 Å². The van der Waals surface area contributed by atoms with Crippen molar-refractivity contribution in [3.8, 4) is 0 Å². The Labute approximate surface area is 131 Å². The van der Waals surface area contributed by atoms with E-state index in [2.05, 4.69) is 20.8 Å². The first-order valence-corrected chi connectivity index (χ1v) is 7.51. The van der Waals surface area contributed by atoms with E-state index < -0.39 is 11.7 Å². The Kier molecular flexibility index (Phi) is 4.09. The third-order valence-corrected chi connectivity index (χ3v) is 4.14. The number of aromatic nitrogens is 4. The second kappa shape index (κ2) is 5.92. The molecule has 1 N–H and O–H groups in total. The molecule has 1 aromatic heterocycles. The first-order chi connectivity index (χ1) is 10.9. The molecule has 2 atom stereocenters. The summed E-state index contributed by atoms with van der Waals surface area (Å²) in [5, 5.41) is 14.7. The van der Waals surface area contributed by atoms with E-state index in [9.17, 15) is 13.2 Å². The van der Waals surface area contributed by atoms with Gasteiger partial charge in [-0.1, -0.05) is 12.1 Å². The molecule has 0 saturated heterocycles. The summed E-state index contributed by atoms with van der Waals surface area (Å²) < 4.78 is 40.4. The number of alkyl halides is 3. The van der Waals surface area contributed by atoms with Crippen LogP contribution in [0.3, 0.4) is 0 Å². The van der Waals surface area contributed by atoms with E-state index >= 15 is 0 Å². The molecule has 1 saturated carbocycles. The van der Waals surface area contributed by atoms with Gasteiger partial charge in [0.05, 0.1) is 11.6 Å². The molecule has 8 heteroatoms. The monoisotopic (exact) mass is 325 g/mol. The van der Waals surface area contributed by atoms with E-state index in [0.29, 0.717) is 17.3 Å². The summed E-state index contributed by atoms with van der Waals surface area (Å²) in [6, 6.07) is 5.25. The molecular formula is C15H18F3N5. The number of hydrogen-bond acceptors (Lipinski definition) is 4. The van der Waals surface area contributed by atoms with Gasteiger partial charge in [0.1, 0.15) is 0 Å². The number of rotatable bonds is 5. The zero-order valence-corrected chi connectivity index (χ0v) is 12.9. The summed E-state index contributed by atoms with van der Waals surface area (Å²) in [5.74, 6) is 1.00. The van der Waals surface area contributed by atoms with Gasteiger partial charge in [0.15, 0.2) is 5.82 Å². The maximum Gasteiger partial charge on any atom is 0.416 e. The van der Waals surface area contributed by atoms with Crippen LogP contribution in [0.15, 0.2) is 24.3 Å². The maximum atomic E-state index is 12.9. The molecule has 1 fully saturated rings. The molecular weight excluding hydrogens is 307 g/mol. The van der Waals surface area contributed by atoms with Crippen molar-refractivity contribution in [1.29, 1.82) is 0 Å². The average Bonchev–Trinajstić information content (AvgIpc) is 3.25. The molecule has 1 heterocycles. The summed E-state index contributed by atoms with van der Waals surface area (Å²) in [6.07, 6.45) is -2.31. The maximum absolute atomic E-state index is 12.9. The van der Waals surface area contributed by atoms with E-state index in [4.69, 9.17) is 0 Å². The minimum absolute atomic E-state index is 0.135. The second-order valence-electron chi connectivity index (χ2n) is 5.99. The predicted octanol–water partition coefficient (Wildman–Crippen LogP) is 3.03. The summed E-state index contributed by atoms with van der Waals surface area (Å²) in [6.45, 7) is 1.91. The Hall–Kier alpha value is -1.96. The molecule has 0 amide bonds. The number of aryl methyl sites for hydroxylation is 1. The lowest BCUT2D eigenvalue weighted by atomic mass is 9.99. The number of tetrazole rings is 1. The normalized spacial score (nSPS) is 18.0. The first kappa shape index (κ1) is 15.9. The molecule has 0 unspecified atom stereocenters. The van der Waals surface area contributed by atoms with Crippen LogP contribution >= 0.6 is 0 Å². The summed E-state index contributed by atoms with van der Waals surface area (Å²) >= 11 is 0. The molecule has 0 bridgehead atoms. The van der Waals surface area contributed by atoms with Gasteiger partial charge in [-0.3, -0.25) is 0 Å². The third kappa shape index (κ3) is 3.52. The van der Waals surface area contributed by atoms with Crippen molar-refractivity contribution in [3.05, 3.63) is 41.2 Å². The highest BCUT2D eigenvalue weighted by atomic mass is 19.4. The molecule has 23 heavy (non-hydrogen) atoms. The van der Waals surface area contributed by atoms with Gasteiger partial charge in [-0.2, -0.15) is 13.2 Å². The summed E-state index contributed by atoms with van der Waals surface area (Å²) in [5.41, 5.74) is 0.0414. The van der Waals surface area contributed by atoms with Crippen molar-refractivity contribution in [3.63, 3.8) is 0 Å². The number of benzene rings is 1. The Morgan fingerprint density at radius 3 is 2.61 bits per heavy atom. The van der Waals surface area contributed by atoms with Gasteiger partial charge in [0.25, 0.3) is 0 Å². The van der Waals surface area contributed by atoms with Crippen LogP contribution < -0.4 is 5.32 Å². The van der Waals surface area contributed by atoms with Crippen LogP contribution in [0.25, 0.3) is 0 Å². The van der Waals surface area contributed by atoms with Gasteiger partial charge in [0.2, 0.25) is 0 Å². The van der Waals surface area contributed by atoms with Crippen LogP contribution in [0.1, 0.15) is 48.8 Å². The Morgan fingerprint density at radius 1 is 1.30 bits per heavy atom. The van der Waals surface area contributed by atoms with Crippen LogP contribution in [0.2, 0.25) is 0 Å². The second-order valence-corrected chi connectivity index (χ2v) is 5.99. The smallest absolute Gasteiger partial charge is 0.300 e. The average molecular weight is 325 g/mol. The lowest BCUT2D eigenvalue weighted by molar-refractivity contribution is -0.137. The molecule has 124 valence electrons. The molecule has 1 aliphatic carbocycles. The van der Waals surface area contributed by atoms with Gasteiger partial charge in [-0.05, 0) is 53.8 Å². The molecule has 1 aromatic carbocycles. The van der Waals surface area contributed by atoms with Crippen LogP contribution in [0.4, 0.5) is 13.2 Å². The van der Waals surface area contributed by atoms with E-state index in [1.807, 2.05) is 6.92 Å². The van der Waals surface area contributed by atoms with Crippen molar-refractivity contribution in [2.45, 2.75) is 38.0 Å². The summed E-state index contributed by atoms with van der Waals surface area (Å²) in [7, 11) is 1.74. The van der Waals surface area contributed by atoms with Crippen LogP contribution in [-0.4, -0.2) is 20.2 Å². The molecule has 0 radical (unpaired) electrons. The molecule has 2 aromatic rings. The van der Waals surface area contributed by atoms with Crippen LogP contribution in [-0.2, 0) is 13.2 Å². The fourth-order valence-corrected chi connectivity index (χ4v) is 2.79. The Bertz CT molecular complexity index is 678. The third-order valence-electron chi connectivity index (χ3n) is 4.14. The van der Waals surface area contributed by atoms with Crippen molar-refractivity contribution < 1.29 is 13.2 Å². The highest BCUT2D eigenvalue weighted by Crippen LogP contribution is 2.43. The Morgan fingerprint density at radius 2 is 2.04 bits per heavy atom. The Balaban J connectivity index is 1.84. The largest absolute Gasteiger partial charge is 0.416 e. The lowest BCUT2D eigenvalue weighted by Gasteiger charge is -2.23. The van der Waals surface area contributed by atoms with E-state index in [0.717, 1.165) is 18.9 Å². The quantitative estimate of drug-likeness (QED) is 0.918. The van der Waals surface area contributed by atoms with Crippen LogP contribution in [0.5, 0.6) is 0 Å². The number of hydrogen-bond donors (Lipinski definition) is 1. The van der Waals surface area contributed by atoms with Gasteiger partial charge < -0.3 is 5.32 Å². The van der Waals surface area contributed by atoms with E-state index in [-0.39, 0.29) is 12.1 Å². The standard InChI is InChI=1S/C15H18F3N5/c1-9(14-20-21-22-23(14)2)19-13(10-6-7-10)11-4-3-5-12(8-11)15(16,17)18/h3-5,8-10,13,19H,6-7H2,1-2H3/t9-,13-/m0/s1. The molecule has 5 nitrogen and oxygen atoms in total. The number of nitrogens with zero attached hydrogens (tertiary/aromatic N) is 4. The van der Waals surface area contributed by atoms with E-state index in [1.165, 1.54) is 12.1 Å². The number of nitrogens with one attached hydrogen (secondary N) is 1. The SMILES string of the molecule is C[C@H](N[C@H](c1cccc(C(F)(F)F)c1)C1CC1)c1nnnn1C. The molecule has 3 rings (SSSR count). The zero-order valence-electron chi connectivity index (χ0n) is 12.9.